The molecule has 0 unspecified atom stereocenters. The summed E-state index contributed by atoms with van der Waals surface area (Å²) in [7, 11) is 1.29. The first kappa shape index (κ1) is 14.6. The summed E-state index contributed by atoms with van der Waals surface area (Å²) in [4.78, 5) is 25.1. The minimum Gasteiger partial charge on any atom is -0.465 e. The van der Waals surface area contributed by atoms with Crippen LogP contribution in [-0.2, 0) is 9.47 Å². The lowest BCUT2D eigenvalue weighted by Gasteiger charge is -2.27. The Morgan fingerprint density at radius 3 is 2.70 bits per heavy atom. The number of methoxy groups -OCH3 is 1. The van der Waals surface area contributed by atoms with Crippen molar-refractivity contribution >= 4 is 29.3 Å². The average molecular weight is 299 g/mol. The van der Waals surface area contributed by atoms with Gasteiger partial charge in [0.15, 0.2) is 0 Å². The minimum atomic E-state index is -0.483. The molecule has 1 aromatic carbocycles. The summed E-state index contributed by atoms with van der Waals surface area (Å²) < 4.78 is 9.81. The molecule has 2 amide bonds. The van der Waals surface area contributed by atoms with Crippen molar-refractivity contribution in [2.45, 2.75) is 0 Å². The zero-order chi connectivity index (χ0) is 14.5. The topological polar surface area (TPSA) is 67.9 Å². The summed E-state index contributed by atoms with van der Waals surface area (Å²) in [6, 6.07) is 4.31. The number of hydrogen-bond donors (Lipinski definition) is 1. The largest absolute Gasteiger partial charge is 0.465 e. The van der Waals surface area contributed by atoms with Gasteiger partial charge in [-0.05, 0) is 18.2 Å². The van der Waals surface area contributed by atoms with Crippen molar-refractivity contribution in [2.75, 3.05) is 38.7 Å². The molecule has 0 radical (unpaired) electrons. The predicted octanol–water partition coefficient (Wildman–Crippen LogP) is 1.99. The van der Waals surface area contributed by atoms with Gasteiger partial charge in [0.25, 0.3) is 0 Å². The van der Waals surface area contributed by atoms with E-state index in [4.69, 9.17) is 16.3 Å². The zero-order valence-corrected chi connectivity index (χ0v) is 11.8. The Hall–Kier alpha value is -1.79. The van der Waals surface area contributed by atoms with E-state index in [1.807, 2.05) is 0 Å². The van der Waals surface area contributed by atoms with E-state index in [0.717, 1.165) is 0 Å². The van der Waals surface area contributed by atoms with Crippen LogP contribution in [0.25, 0.3) is 0 Å². The minimum absolute atomic E-state index is 0.266. The van der Waals surface area contributed by atoms with Crippen LogP contribution in [0.5, 0.6) is 0 Å². The van der Waals surface area contributed by atoms with E-state index in [1.54, 1.807) is 17.0 Å². The number of amides is 2. The van der Waals surface area contributed by atoms with Crippen molar-refractivity contribution in [1.29, 1.82) is 0 Å². The molecule has 1 aliphatic heterocycles. The second kappa shape index (κ2) is 6.58. The molecule has 1 N–H and O–H groups in total. The van der Waals surface area contributed by atoms with E-state index in [-0.39, 0.29) is 6.03 Å². The third-order valence-electron chi connectivity index (χ3n) is 2.93. The highest BCUT2D eigenvalue weighted by molar-refractivity contribution is 6.33. The van der Waals surface area contributed by atoms with E-state index < -0.39 is 5.97 Å². The van der Waals surface area contributed by atoms with Crippen LogP contribution in [0.4, 0.5) is 10.5 Å². The van der Waals surface area contributed by atoms with Gasteiger partial charge in [0.1, 0.15) is 0 Å². The van der Waals surface area contributed by atoms with Crippen molar-refractivity contribution in [2.24, 2.45) is 0 Å². The molecule has 0 saturated carbocycles. The summed E-state index contributed by atoms with van der Waals surface area (Å²) in [5.41, 5.74) is 0.709. The normalized spacial score (nSPS) is 14.8. The van der Waals surface area contributed by atoms with Crippen LogP contribution < -0.4 is 5.32 Å². The van der Waals surface area contributed by atoms with E-state index in [9.17, 15) is 9.59 Å². The summed E-state index contributed by atoms with van der Waals surface area (Å²) >= 11 is 6.02. The fraction of sp³-hybridized carbons (Fsp3) is 0.385. The van der Waals surface area contributed by atoms with Crippen LogP contribution in [0.2, 0.25) is 5.02 Å². The number of esters is 1. The fourth-order valence-electron chi connectivity index (χ4n) is 1.83. The van der Waals surface area contributed by atoms with Crippen molar-refractivity contribution in [3.05, 3.63) is 28.8 Å². The number of benzene rings is 1. The van der Waals surface area contributed by atoms with E-state index >= 15 is 0 Å². The van der Waals surface area contributed by atoms with E-state index in [2.05, 4.69) is 10.1 Å². The summed E-state index contributed by atoms with van der Waals surface area (Å²) in [5, 5.41) is 3.05. The third kappa shape index (κ3) is 3.40. The molecule has 1 fully saturated rings. The average Bonchev–Trinajstić information content (AvgIpc) is 2.49. The second-order valence-corrected chi connectivity index (χ2v) is 4.62. The van der Waals surface area contributed by atoms with Gasteiger partial charge in [-0.25, -0.2) is 9.59 Å². The highest BCUT2D eigenvalue weighted by Crippen LogP contribution is 2.24. The molecule has 0 bridgehead atoms. The number of halogens is 1. The maximum atomic E-state index is 12.1. The van der Waals surface area contributed by atoms with Crippen molar-refractivity contribution in [3.63, 3.8) is 0 Å². The molecule has 2 rings (SSSR count). The number of morpholine rings is 1. The smallest absolute Gasteiger partial charge is 0.337 e. The molecule has 0 spiro atoms. The number of carbonyl (C=O) groups excluding carboxylic acids is 2. The van der Waals surface area contributed by atoms with Gasteiger partial charge in [-0.3, -0.25) is 0 Å². The standard InChI is InChI=1S/C13H15ClN2O4/c1-19-12(17)9-2-3-10(14)11(8-9)15-13(18)16-4-6-20-7-5-16/h2-3,8H,4-7H2,1H3,(H,15,18). The fourth-order valence-corrected chi connectivity index (χ4v) is 1.99. The Balaban J connectivity index is 2.11. The van der Waals surface area contributed by atoms with Gasteiger partial charge in [0.2, 0.25) is 0 Å². The summed E-state index contributed by atoms with van der Waals surface area (Å²) in [6.45, 7) is 2.09. The predicted molar refractivity (Wildman–Crippen MR) is 74.2 cm³/mol. The molecular weight excluding hydrogens is 284 g/mol. The van der Waals surface area contributed by atoms with Crippen molar-refractivity contribution < 1.29 is 19.1 Å². The lowest BCUT2D eigenvalue weighted by Crippen LogP contribution is -2.43. The summed E-state index contributed by atoms with van der Waals surface area (Å²) in [6.07, 6.45) is 0. The highest BCUT2D eigenvalue weighted by Gasteiger charge is 2.18. The molecule has 108 valence electrons. The number of carbonyl (C=O) groups is 2. The molecule has 20 heavy (non-hydrogen) atoms. The monoisotopic (exact) mass is 298 g/mol. The molecule has 1 heterocycles. The van der Waals surface area contributed by atoms with E-state index in [1.165, 1.54) is 13.2 Å². The van der Waals surface area contributed by atoms with Crippen LogP contribution in [0.1, 0.15) is 10.4 Å². The molecule has 7 heteroatoms. The van der Waals surface area contributed by atoms with Gasteiger partial charge in [-0.2, -0.15) is 0 Å². The molecule has 0 atom stereocenters. The van der Waals surface area contributed by atoms with Crippen LogP contribution >= 0.6 is 11.6 Å². The van der Waals surface area contributed by atoms with Gasteiger partial charge >= 0.3 is 12.0 Å². The first-order valence-corrected chi connectivity index (χ1v) is 6.51. The van der Waals surface area contributed by atoms with Gasteiger partial charge in [-0.15, -0.1) is 0 Å². The Bertz CT molecular complexity index is 515. The van der Waals surface area contributed by atoms with Crippen molar-refractivity contribution in [1.82, 2.24) is 4.90 Å². The molecule has 1 saturated heterocycles. The molecule has 0 aromatic heterocycles. The number of urea groups is 1. The van der Waals surface area contributed by atoms with Crippen LogP contribution in [-0.4, -0.2) is 50.3 Å². The lowest BCUT2D eigenvalue weighted by atomic mass is 10.2. The van der Waals surface area contributed by atoms with Gasteiger partial charge in [0.05, 0.1) is 36.6 Å². The van der Waals surface area contributed by atoms with Gasteiger partial charge in [-0.1, -0.05) is 11.6 Å². The number of anilines is 1. The van der Waals surface area contributed by atoms with Crippen molar-refractivity contribution in [3.8, 4) is 0 Å². The maximum Gasteiger partial charge on any atom is 0.337 e. The highest BCUT2D eigenvalue weighted by atomic mass is 35.5. The SMILES string of the molecule is COC(=O)c1ccc(Cl)c(NC(=O)N2CCOCC2)c1. The Kier molecular flexibility index (Phi) is 4.81. The third-order valence-corrected chi connectivity index (χ3v) is 3.26. The molecule has 0 aliphatic carbocycles. The Morgan fingerprint density at radius 2 is 2.05 bits per heavy atom. The number of hydrogen-bond acceptors (Lipinski definition) is 4. The first-order valence-electron chi connectivity index (χ1n) is 6.13. The number of rotatable bonds is 2. The molecule has 6 nitrogen and oxygen atoms in total. The lowest BCUT2D eigenvalue weighted by molar-refractivity contribution is 0.0564. The first-order chi connectivity index (χ1) is 9.61. The van der Waals surface area contributed by atoms with Crippen LogP contribution in [0, 0.1) is 0 Å². The number of ether oxygens (including phenoxy) is 2. The number of nitrogens with one attached hydrogen (secondary N) is 1. The Morgan fingerprint density at radius 1 is 1.35 bits per heavy atom. The van der Waals surface area contributed by atoms with Crippen LogP contribution in [0.3, 0.4) is 0 Å². The van der Waals surface area contributed by atoms with Gasteiger partial charge < -0.3 is 19.7 Å². The zero-order valence-electron chi connectivity index (χ0n) is 11.0. The van der Waals surface area contributed by atoms with Crippen LogP contribution in [0.15, 0.2) is 18.2 Å². The van der Waals surface area contributed by atoms with Gasteiger partial charge in [0, 0.05) is 13.1 Å². The van der Waals surface area contributed by atoms with E-state index in [0.29, 0.717) is 42.6 Å². The maximum absolute atomic E-state index is 12.1. The summed E-state index contributed by atoms with van der Waals surface area (Å²) in [5.74, 6) is -0.483. The molecule has 1 aliphatic rings. The quantitative estimate of drug-likeness (QED) is 0.848. The second-order valence-electron chi connectivity index (χ2n) is 4.22. The molecule has 1 aromatic rings. The Labute approximate surface area is 121 Å². The molecular formula is C13H15ClN2O4. The number of nitrogens with zero attached hydrogens (tertiary/aromatic N) is 1.